The number of nitrogens with zero attached hydrogens (tertiary/aromatic N) is 4. The summed E-state index contributed by atoms with van der Waals surface area (Å²) in [6, 6.07) is -0.509. The lowest BCUT2D eigenvalue weighted by atomic mass is 9.87. The lowest BCUT2D eigenvalue weighted by molar-refractivity contribution is -0.135. The fraction of sp³-hybridized carbons (Fsp3) is 0.737. The van der Waals surface area contributed by atoms with Crippen molar-refractivity contribution in [1.29, 1.82) is 0 Å². The van der Waals surface area contributed by atoms with Crippen LogP contribution in [0.4, 0.5) is 9.93 Å². The number of likely N-dealkylation sites (tertiary alicyclic amines) is 1. The summed E-state index contributed by atoms with van der Waals surface area (Å²) in [5.41, 5.74) is -0.888. The number of aromatic nitrogens is 2. The highest BCUT2D eigenvalue weighted by Crippen LogP contribution is 2.32. The number of piperidine rings is 1. The predicted octanol–water partition coefficient (Wildman–Crippen LogP) is 1.37. The predicted molar refractivity (Wildman–Crippen MR) is 110 cm³/mol. The molecule has 0 saturated carbocycles. The first-order valence-electron chi connectivity index (χ1n) is 10.5. The van der Waals surface area contributed by atoms with Crippen molar-refractivity contribution in [2.45, 2.75) is 51.2 Å². The number of hydrogen-bond acceptors (Lipinski definition) is 8. The molecule has 1 atom stereocenters. The second kappa shape index (κ2) is 8.56. The molecule has 0 aromatic carbocycles. The fourth-order valence-corrected chi connectivity index (χ4v) is 5.13. The minimum atomic E-state index is -0.888. The molecule has 1 aromatic heterocycles. The summed E-state index contributed by atoms with van der Waals surface area (Å²) in [6.45, 7) is 7.16. The lowest BCUT2D eigenvalue weighted by Gasteiger charge is -2.37. The van der Waals surface area contributed by atoms with Gasteiger partial charge in [-0.15, -0.1) is 10.2 Å². The van der Waals surface area contributed by atoms with Gasteiger partial charge in [-0.05, 0) is 31.6 Å². The molecule has 0 radical (unpaired) electrons. The van der Waals surface area contributed by atoms with Crippen LogP contribution in [0.1, 0.15) is 50.6 Å². The van der Waals surface area contributed by atoms with Gasteiger partial charge in [0.05, 0.1) is 0 Å². The highest BCUT2D eigenvalue weighted by Gasteiger charge is 2.52. The normalized spacial score (nSPS) is 24.1. The summed E-state index contributed by atoms with van der Waals surface area (Å²) in [5.74, 6) is -0.235. The van der Waals surface area contributed by atoms with Crippen LogP contribution in [0.15, 0.2) is 0 Å². The number of carbonyl (C=O) groups is 3. The zero-order valence-corrected chi connectivity index (χ0v) is 18.2. The monoisotopic (exact) mass is 436 g/mol. The number of urea groups is 1. The van der Waals surface area contributed by atoms with Gasteiger partial charge in [0, 0.05) is 26.2 Å². The number of hydrogen-bond donors (Lipinski definition) is 2. The maximum Gasteiger partial charge on any atom is 0.325 e. The quantitative estimate of drug-likeness (QED) is 0.647. The van der Waals surface area contributed by atoms with Crippen LogP contribution in [0.3, 0.4) is 0 Å². The maximum atomic E-state index is 13.0. The molecule has 0 bridgehead atoms. The average molecular weight is 437 g/mol. The van der Waals surface area contributed by atoms with Gasteiger partial charge >= 0.3 is 6.03 Å². The molecule has 4 heterocycles. The van der Waals surface area contributed by atoms with Crippen LogP contribution >= 0.6 is 11.3 Å². The van der Waals surface area contributed by atoms with E-state index >= 15 is 0 Å². The molecular formula is C19H28N6O4S. The van der Waals surface area contributed by atoms with E-state index in [9.17, 15) is 14.4 Å². The van der Waals surface area contributed by atoms with Crippen LogP contribution in [0.2, 0.25) is 0 Å². The van der Waals surface area contributed by atoms with E-state index in [0.717, 1.165) is 42.4 Å². The summed E-state index contributed by atoms with van der Waals surface area (Å²) in [7, 11) is 0. The molecule has 3 aliphatic rings. The van der Waals surface area contributed by atoms with E-state index < -0.39 is 17.5 Å². The average Bonchev–Trinajstić information content (AvgIpc) is 3.42. The summed E-state index contributed by atoms with van der Waals surface area (Å²) < 4.78 is 5.57. The standard InChI is InChI=1S/C19H28N6O4S/c1-12(2)10-24-7-5-19(6-8-24)16(27)25(18(28)21-19)11-14(26)20-17-23-22-15(30-17)13-4-3-9-29-13/h12-13H,3-11H2,1-2H3,(H,21,28)(H,20,23,26). The Balaban J connectivity index is 1.33. The third-order valence-corrected chi connectivity index (χ3v) is 6.70. The number of carbonyl (C=O) groups excluding carboxylic acids is 3. The largest absolute Gasteiger partial charge is 0.371 e. The van der Waals surface area contributed by atoms with Crippen molar-refractivity contribution in [2.75, 3.05) is 38.1 Å². The van der Waals surface area contributed by atoms with Gasteiger partial charge in [-0.1, -0.05) is 25.2 Å². The second-order valence-electron chi connectivity index (χ2n) is 8.59. The van der Waals surface area contributed by atoms with E-state index in [4.69, 9.17) is 4.74 Å². The van der Waals surface area contributed by atoms with Crippen molar-refractivity contribution >= 4 is 34.3 Å². The molecule has 2 N–H and O–H groups in total. The minimum absolute atomic E-state index is 0.0690. The molecule has 0 aliphatic carbocycles. The molecule has 164 valence electrons. The van der Waals surface area contributed by atoms with Gasteiger partial charge < -0.3 is 15.0 Å². The highest BCUT2D eigenvalue weighted by molar-refractivity contribution is 7.15. The van der Waals surface area contributed by atoms with E-state index in [2.05, 4.69) is 39.6 Å². The van der Waals surface area contributed by atoms with E-state index in [1.54, 1.807) is 0 Å². The first kappa shape index (κ1) is 21.1. The van der Waals surface area contributed by atoms with Crippen molar-refractivity contribution < 1.29 is 19.1 Å². The number of amides is 4. The first-order chi connectivity index (χ1) is 14.4. The molecule has 3 aliphatic heterocycles. The van der Waals surface area contributed by atoms with Crippen LogP contribution in [0, 0.1) is 5.92 Å². The SMILES string of the molecule is CC(C)CN1CCC2(CC1)NC(=O)N(CC(=O)Nc1nnc(C3CCCO3)s1)C2=O. The molecule has 10 nitrogen and oxygen atoms in total. The van der Waals surface area contributed by atoms with Crippen LogP contribution in [0.25, 0.3) is 0 Å². The van der Waals surface area contributed by atoms with Crippen LogP contribution in [-0.4, -0.2) is 76.2 Å². The number of ether oxygens (including phenoxy) is 1. The van der Waals surface area contributed by atoms with Crippen molar-refractivity contribution in [3.05, 3.63) is 5.01 Å². The molecule has 3 saturated heterocycles. The fourth-order valence-electron chi connectivity index (χ4n) is 4.28. The Morgan fingerprint density at radius 2 is 2.10 bits per heavy atom. The summed E-state index contributed by atoms with van der Waals surface area (Å²) in [5, 5.41) is 14.6. The third kappa shape index (κ3) is 4.33. The van der Waals surface area contributed by atoms with E-state index in [0.29, 0.717) is 30.5 Å². The highest BCUT2D eigenvalue weighted by atomic mass is 32.1. The van der Waals surface area contributed by atoms with Crippen LogP contribution in [-0.2, 0) is 14.3 Å². The summed E-state index contributed by atoms with van der Waals surface area (Å²) >= 11 is 1.26. The van der Waals surface area contributed by atoms with E-state index in [-0.39, 0.29) is 18.6 Å². The van der Waals surface area contributed by atoms with Gasteiger partial charge in [-0.2, -0.15) is 0 Å². The molecule has 1 aromatic rings. The summed E-state index contributed by atoms with van der Waals surface area (Å²) in [6.07, 6.45) is 2.92. The molecule has 11 heteroatoms. The zero-order valence-electron chi connectivity index (χ0n) is 17.3. The van der Waals surface area contributed by atoms with Gasteiger partial charge in [0.2, 0.25) is 11.0 Å². The van der Waals surface area contributed by atoms with E-state index in [1.165, 1.54) is 11.3 Å². The van der Waals surface area contributed by atoms with Crippen LogP contribution in [0.5, 0.6) is 0 Å². The molecule has 30 heavy (non-hydrogen) atoms. The summed E-state index contributed by atoms with van der Waals surface area (Å²) in [4.78, 5) is 41.2. The third-order valence-electron chi connectivity index (χ3n) is 5.77. The number of imide groups is 1. The van der Waals surface area contributed by atoms with E-state index in [1.807, 2.05) is 0 Å². The number of rotatable bonds is 6. The Kier molecular flexibility index (Phi) is 6.03. The molecule has 3 fully saturated rings. The van der Waals surface area contributed by atoms with Crippen molar-refractivity contribution in [3.63, 3.8) is 0 Å². The Hall–Kier alpha value is -2.11. The second-order valence-corrected chi connectivity index (χ2v) is 9.60. The number of nitrogens with one attached hydrogen (secondary N) is 2. The molecule has 1 spiro atoms. The molecule has 4 amide bonds. The smallest absolute Gasteiger partial charge is 0.325 e. The molecule has 4 rings (SSSR count). The Bertz CT molecular complexity index is 814. The Labute approximate surface area is 179 Å². The maximum absolute atomic E-state index is 13.0. The van der Waals surface area contributed by atoms with Gasteiger partial charge in [-0.3, -0.25) is 19.8 Å². The number of anilines is 1. The zero-order chi connectivity index (χ0) is 21.3. The molecular weight excluding hydrogens is 408 g/mol. The molecule has 1 unspecified atom stereocenters. The van der Waals surface area contributed by atoms with Gasteiger partial charge in [0.25, 0.3) is 5.91 Å². The van der Waals surface area contributed by atoms with Gasteiger partial charge in [-0.25, -0.2) is 4.79 Å². The van der Waals surface area contributed by atoms with Gasteiger partial charge in [0.1, 0.15) is 23.2 Å². The first-order valence-corrected chi connectivity index (χ1v) is 11.3. The lowest BCUT2D eigenvalue weighted by Crippen LogP contribution is -2.55. The van der Waals surface area contributed by atoms with Crippen molar-refractivity contribution in [1.82, 2.24) is 25.3 Å². The van der Waals surface area contributed by atoms with Crippen LogP contribution < -0.4 is 10.6 Å². The minimum Gasteiger partial charge on any atom is -0.371 e. The topological polar surface area (TPSA) is 117 Å². The van der Waals surface area contributed by atoms with Crippen molar-refractivity contribution in [2.24, 2.45) is 5.92 Å². The van der Waals surface area contributed by atoms with Crippen molar-refractivity contribution in [3.8, 4) is 0 Å². The van der Waals surface area contributed by atoms with Gasteiger partial charge in [0.15, 0.2) is 0 Å². The Morgan fingerprint density at radius 1 is 1.33 bits per heavy atom. The Morgan fingerprint density at radius 3 is 2.77 bits per heavy atom.